The summed E-state index contributed by atoms with van der Waals surface area (Å²) >= 11 is 1.54. The van der Waals surface area contributed by atoms with Crippen molar-refractivity contribution in [3.05, 3.63) is 23.9 Å². The number of nitrogens with one attached hydrogen (secondary N) is 1. The van der Waals surface area contributed by atoms with Gasteiger partial charge in [0, 0.05) is 23.6 Å². The van der Waals surface area contributed by atoms with Crippen molar-refractivity contribution in [1.29, 1.82) is 0 Å². The Labute approximate surface area is 132 Å². The van der Waals surface area contributed by atoms with Crippen LogP contribution in [0.15, 0.2) is 18.3 Å². The number of nitrogens with zero attached hydrogens (tertiary/aromatic N) is 1. The van der Waals surface area contributed by atoms with E-state index in [0.29, 0.717) is 23.6 Å². The number of rotatable bonds is 5. The van der Waals surface area contributed by atoms with Crippen molar-refractivity contribution in [3.8, 4) is 5.88 Å². The molecule has 1 saturated carbocycles. The van der Waals surface area contributed by atoms with E-state index < -0.39 is 17.4 Å². The van der Waals surface area contributed by atoms with E-state index in [-0.39, 0.29) is 6.10 Å². The SMILES string of the molecule is O=C(NC1(C(=O)O)CCSC1)c1ccnc(OC2CCC2)c1. The second-order valence-corrected chi connectivity index (χ2v) is 6.80. The lowest BCUT2D eigenvalue weighted by Crippen LogP contribution is -2.54. The van der Waals surface area contributed by atoms with Gasteiger partial charge in [0.1, 0.15) is 11.6 Å². The van der Waals surface area contributed by atoms with Gasteiger partial charge < -0.3 is 15.2 Å². The molecule has 118 valence electrons. The largest absolute Gasteiger partial charge is 0.479 e. The summed E-state index contributed by atoms with van der Waals surface area (Å²) in [6.45, 7) is 0. The Bertz CT molecular complexity index is 583. The molecule has 2 heterocycles. The minimum atomic E-state index is -1.17. The van der Waals surface area contributed by atoms with Crippen LogP contribution in [-0.2, 0) is 4.79 Å². The number of hydrogen-bond acceptors (Lipinski definition) is 5. The van der Waals surface area contributed by atoms with Gasteiger partial charge in [-0.2, -0.15) is 11.8 Å². The fourth-order valence-corrected chi connectivity index (χ4v) is 3.78. The Kier molecular flexibility index (Phi) is 4.24. The Hall–Kier alpha value is -1.76. The third-order valence-corrected chi connectivity index (χ3v) is 5.31. The van der Waals surface area contributed by atoms with Crippen LogP contribution in [-0.4, -0.2) is 45.1 Å². The van der Waals surface area contributed by atoms with Gasteiger partial charge in [-0.05, 0) is 37.5 Å². The number of amides is 1. The summed E-state index contributed by atoms with van der Waals surface area (Å²) < 4.78 is 5.67. The molecule has 6 nitrogen and oxygen atoms in total. The van der Waals surface area contributed by atoms with Crippen LogP contribution in [0.25, 0.3) is 0 Å². The molecule has 1 aromatic heterocycles. The second kappa shape index (κ2) is 6.16. The normalized spacial score (nSPS) is 24.5. The number of pyridine rings is 1. The number of thioether (sulfide) groups is 1. The van der Waals surface area contributed by atoms with Crippen LogP contribution in [0, 0.1) is 0 Å². The van der Waals surface area contributed by atoms with Gasteiger partial charge in [0.05, 0.1) is 0 Å². The zero-order valence-electron chi connectivity index (χ0n) is 12.1. The molecular weight excluding hydrogens is 304 g/mol. The Morgan fingerprint density at radius 2 is 2.27 bits per heavy atom. The third-order valence-electron chi connectivity index (χ3n) is 4.12. The summed E-state index contributed by atoms with van der Waals surface area (Å²) in [6, 6.07) is 3.14. The highest BCUT2D eigenvalue weighted by Crippen LogP contribution is 2.29. The van der Waals surface area contributed by atoms with Gasteiger partial charge >= 0.3 is 5.97 Å². The van der Waals surface area contributed by atoms with E-state index in [9.17, 15) is 14.7 Å². The summed E-state index contributed by atoms with van der Waals surface area (Å²) in [4.78, 5) is 28.0. The summed E-state index contributed by atoms with van der Waals surface area (Å²) in [5, 5.41) is 12.1. The number of hydrogen-bond donors (Lipinski definition) is 2. The van der Waals surface area contributed by atoms with E-state index in [2.05, 4.69) is 10.3 Å². The van der Waals surface area contributed by atoms with Crippen LogP contribution in [0.4, 0.5) is 0 Å². The predicted molar refractivity (Wildman–Crippen MR) is 82.3 cm³/mol. The molecular formula is C15H18N2O4S. The van der Waals surface area contributed by atoms with Crippen molar-refractivity contribution >= 4 is 23.6 Å². The minimum Gasteiger partial charge on any atom is -0.479 e. The van der Waals surface area contributed by atoms with Crippen LogP contribution < -0.4 is 10.1 Å². The lowest BCUT2D eigenvalue weighted by atomic mass is 9.96. The van der Waals surface area contributed by atoms with Crippen molar-refractivity contribution in [3.63, 3.8) is 0 Å². The summed E-state index contributed by atoms with van der Waals surface area (Å²) in [5.41, 5.74) is -0.790. The molecule has 2 aliphatic rings. The molecule has 1 aliphatic carbocycles. The molecule has 0 aromatic carbocycles. The van der Waals surface area contributed by atoms with Gasteiger partial charge in [0.25, 0.3) is 5.91 Å². The van der Waals surface area contributed by atoms with Crippen LogP contribution in [0.2, 0.25) is 0 Å². The minimum absolute atomic E-state index is 0.183. The molecule has 0 bridgehead atoms. The fraction of sp³-hybridized carbons (Fsp3) is 0.533. The molecule has 7 heteroatoms. The first kappa shape index (κ1) is 15.1. The van der Waals surface area contributed by atoms with E-state index in [0.717, 1.165) is 25.0 Å². The van der Waals surface area contributed by atoms with E-state index in [1.165, 1.54) is 18.0 Å². The number of ether oxygens (including phenoxy) is 1. The van der Waals surface area contributed by atoms with Gasteiger partial charge in [0.2, 0.25) is 5.88 Å². The Morgan fingerprint density at radius 1 is 1.45 bits per heavy atom. The van der Waals surface area contributed by atoms with E-state index >= 15 is 0 Å². The van der Waals surface area contributed by atoms with Crippen LogP contribution >= 0.6 is 11.8 Å². The van der Waals surface area contributed by atoms with Crippen molar-refractivity contribution in [2.24, 2.45) is 0 Å². The molecule has 2 N–H and O–H groups in total. The molecule has 22 heavy (non-hydrogen) atoms. The lowest BCUT2D eigenvalue weighted by molar-refractivity contribution is -0.143. The molecule has 2 fully saturated rings. The zero-order valence-corrected chi connectivity index (χ0v) is 12.9. The van der Waals surface area contributed by atoms with Crippen LogP contribution in [0.1, 0.15) is 36.0 Å². The second-order valence-electron chi connectivity index (χ2n) is 5.70. The van der Waals surface area contributed by atoms with E-state index in [1.54, 1.807) is 12.1 Å². The Morgan fingerprint density at radius 3 is 2.86 bits per heavy atom. The number of carbonyl (C=O) groups excluding carboxylic acids is 1. The average Bonchev–Trinajstić information content (AvgIpc) is 2.93. The predicted octanol–water partition coefficient (Wildman–Crippen LogP) is 1.70. The van der Waals surface area contributed by atoms with E-state index in [1.807, 2.05) is 0 Å². The van der Waals surface area contributed by atoms with Crippen LogP contribution in [0.3, 0.4) is 0 Å². The molecule has 1 atom stereocenters. The number of carboxylic acids is 1. The number of aliphatic carboxylic acids is 1. The molecule has 0 spiro atoms. The highest BCUT2D eigenvalue weighted by atomic mass is 32.2. The average molecular weight is 322 g/mol. The van der Waals surface area contributed by atoms with Crippen molar-refractivity contribution in [2.75, 3.05) is 11.5 Å². The quantitative estimate of drug-likeness (QED) is 0.858. The molecule has 3 rings (SSSR count). The lowest BCUT2D eigenvalue weighted by Gasteiger charge is -2.26. The molecule has 0 radical (unpaired) electrons. The smallest absolute Gasteiger partial charge is 0.330 e. The maximum absolute atomic E-state index is 12.4. The van der Waals surface area contributed by atoms with E-state index in [4.69, 9.17) is 4.74 Å². The van der Waals surface area contributed by atoms with Gasteiger partial charge in [-0.25, -0.2) is 9.78 Å². The summed E-state index contributed by atoms with van der Waals surface area (Å²) in [5.74, 6) is 0.169. The zero-order chi connectivity index (χ0) is 15.6. The summed E-state index contributed by atoms with van der Waals surface area (Å²) in [6.07, 6.45) is 5.32. The highest BCUT2D eigenvalue weighted by molar-refractivity contribution is 7.99. The number of aromatic nitrogens is 1. The fourth-order valence-electron chi connectivity index (χ4n) is 2.45. The van der Waals surface area contributed by atoms with Gasteiger partial charge in [-0.1, -0.05) is 0 Å². The van der Waals surface area contributed by atoms with Crippen LogP contribution in [0.5, 0.6) is 5.88 Å². The topological polar surface area (TPSA) is 88.5 Å². The molecule has 1 amide bonds. The first-order valence-electron chi connectivity index (χ1n) is 7.35. The monoisotopic (exact) mass is 322 g/mol. The standard InChI is InChI=1S/C15H18N2O4S/c18-13(17-15(14(19)20)5-7-22-9-15)10-4-6-16-12(8-10)21-11-2-1-3-11/h4,6,8,11H,1-3,5,7,9H2,(H,17,18)(H,19,20). The molecule has 1 aromatic rings. The molecule has 1 unspecified atom stereocenters. The highest BCUT2D eigenvalue weighted by Gasteiger charge is 2.43. The molecule has 1 aliphatic heterocycles. The van der Waals surface area contributed by atoms with Gasteiger partial charge in [-0.3, -0.25) is 4.79 Å². The molecule has 1 saturated heterocycles. The Balaban J connectivity index is 1.71. The van der Waals surface area contributed by atoms with Gasteiger partial charge in [-0.15, -0.1) is 0 Å². The van der Waals surface area contributed by atoms with Crippen molar-refractivity contribution in [2.45, 2.75) is 37.3 Å². The van der Waals surface area contributed by atoms with Gasteiger partial charge in [0.15, 0.2) is 0 Å². The van der Waals surface area contributed by atoms with Crippen molar-refractivity contribution in [1.82, 2.24) is 10.3 Å². The number of carbonyl (C=O) groups is 2. The maximum atomic E-state index is 12.4. The van der Waals surface area contributed by atoms with Crippen molar-refractivity contribution < 1.29 is 19.4 Å². The summed E-state index contributed by atoms with van der Waals surface area (Å²) in [7, 11) is 0. The maximum Gasteiger partial charge on any atom is 0.330 e. The third kappa shape index (κ3) is 3.04. The first-order chi connectivity index (χ1) is 10.6. The first-order valence-corrected chi connectivity index (χ1v) is 8.51. The number of carboxylic acid groups (broad SMARTS) is 1.